The number of sulfone groups is 1. The molecule has 8 unspecified atom stereocenters. The van der Waals surface area contributed by atoms with Crippen molar-refractivity contribution in [3.05, 3.63) is 239 Å². The van der Waals surface area contributed by atoms with E-state index in [0.29, 0.717) is 38.5 Å². The Labute approximate surface area is 486 Å². The third-order valence-electron chi connectivity index (χ3n) is 18.1. The van der Waals surface area contributed by atoms with Crippen molar-refractivity contribution < 1.29 is 8.42 Å². The maximum atomic E-state index is 20.1. The van der Waals surface area contributed by atoms with Gasteiger partial charge in [0.1, 0.15) is 19.8 Å². The Morgan fingerprint density at radius 2 is 0.709 bits per heavy atom. The molecule has 2 aromatic heterocycles. The van der Waals surface area contributed by atoms with Crippen molar-refractivity contribution >= 4 is 102 Å². The summed E-state index contributed by atoms with van der Waals surface area (Å²) < 4.78 is 37.1. The molecule has 6 nitrogen and oxygen atoms in total. The lowest BCUT2D eigenvalue weighted by atomic mass is 9.69. The zero-order valence-electron chi connectivity index (χ0n) is 43.0. The van der Waals surface area contributed by atoms with Crippen LogP contribution < -0.4 is 0 Å². The van der Waals surface area contributed by atoms with Crippen LogP contribution in [-0.4, -0.2) is 57.5 Å². The maximum Gasteiger partial charge on any atom is 0.185 e. The standard InChI is InChI=1S/C66H54N4O2S7/c71-79(72,65(57-35-33-41-17-1-11-27-51(41)73-57)63(39-45-21-5-15-31-55(45)77-65,59-37-43-19-3-13-29-53(43)75-59)61-67-47-23-7-8-24-48(47)68-61)66(58-36-34-42-18-2-12-28-52(42)74-58)64(40-46-22-6-16-32-56(46)78-66,60-38-44-20-4-14-30-54(44)76-60)62-69-49-25-9-10-26-50(49)70-62/h1-32,57-60H,33-40H2,(H,67,68)(H,69,70). The minimum atomic E-state index is -4.70. The Hall–Kier alpha value is -5.25. The first-order chi connectivity index (χ1) is 38.8. The predicted molar refractivity (Wildman–Crippen MR) is 330 cm³/mol. The SMILES string of the molecule is O=S(=O)(C1(C2CCc3ccccc3S2)Sc2ccccc2CC1(c1nc2ccccc2[nH]1)C1Cc2ccccc2S1)C1(C2CCc3ccccc3S2)Sc2ccccc2CC1(c1nc2ccccc2[nH]1)C1Cc2ccccc2S1. The fraction of sp³-hybridized carbons (Fsp3) is 0.242. The van der Waals surface area contributed by atoms with E-state index in [2.05, 4.69) is 204 Å². The van der Waals surface area contributed by atoms with Gasteiger partial charge in [0.25, 0.3) is 0 Å². The van der Waals surface area contributed by atoms with Crippen molar-refractivity contribution in [1.82, 2.24) is 19.9 Å². The number of aromatic amines is 2. The number of thioether (sulfide) groups is 6. The lowest BCUT2D eigenvalue weighted by Crippen LogP contribution is -2.77. The molecule has 8 atom stereocenters. The van der Waals surface area contributed by atoms with Gasteiger partial charge in [0.2, 0.25) is 0 Å². The third-order valence-corrected chi connectivity index (χ3v) is 32.7. The van der Waals surface area contributed by atoms with E-state index < -0.39 is 39.3 Å². The molecule has 10 aromatic rings. The van der Waals surface area contributed by atoms with Gasteiger partial charge in [0.05, 0.1) is 32.9 Å². The van der Waals surface area contributed by atoms with E-state index in [4.69, 9.17) is 9.97 Å². The Kier molecular flexibility index (Phi) is 11.9. The van der Waals surface area contributed by atoms with Crippen molar-refractivity contribution in [3.63, 3.8) is 0 Å². The number of H-pyrrole nitrogens is 2. The second-order valence-electron chi connectivity index (χ2n) is 22.1. The quantitative estimate of drug-likeness (QED) is 0.153. The fourth-order valence-corrected chi connectivity index (χ4v) is 30.8. The summed E-state index contributed by atoms with van der Waals surface area (Å²) in [7, 11) is -4.70. The van der Waals surface area contributed by atoms with E-state index in [0.717, 1.165) is 66.1 Å². The number of fused-ring (bicyclic) bond motifs is 8. The number of hydrogen-bond acceptors (Lipinski definition) is 10. The van der Waals surface area contributed by atoms with Gasteiger partial charge in [-0.1, -0.05) is 133 Å². The normalized spacial score (nSPS) is 27.8. The average molecular weight is 1160 g/mol. The minimum absolute atomic E-state index is 0.234. The fourth-order valence-electron chi connectivity index (χ4n) is 14.6. The first-order valence-electron chi connectivity index (χ1n) is 27.4. The zero-order chi connectivity index (χ0) is 52.6. The van der Waals surface area contributed by atoms with Crippen molar-refractivity contribution in [2.45, 2.75) is 121 Å². The predicted octanol–water partition coefficient (Wildman–Crippen LogP) is 15.8. The van der Waals surface area contributed by atoms with Crippen molar-refractivity contribution in [2.75, 3.05) is 0 Å². The number of nitrogens with zero attached hydrogens (tertiary/aromatic N) is 2. The molecule has 0 saturated heterocycles. The van der Waals surface area contributed by atoms with Gasteiger partial charge in [-0.25, -0.2) is 18.4 Å². The lowest BCUT2D eigenvalue weighted by Gasteiger charge is -2.64. The summed E-state index contributed by atoms with van der Waals surface area (Å²) in [5.74, 6) is 1.53. The molecule has 0 spiro atoms. The number of nitrogens with one attached hydrogen (secondary N) is 2. The van der Waals surface area contributed by atoms with Gasteiger partial charge in [0.15, 0.2) is 9.84 Å². The lowest BCUT2D eigenvalue weighted by molar-refractivity contribution is 0.285. The number of aryl methyl sites for hydroxylation is 2. The number of rotatable bonds is 8. The summed E-state index contributed by atoms with van der Waals surface area (Å²) >= 11 is 10.8. The van der Waals surface area contributed by atoms with Gasteiger partial charge in [0, 0.05) is 50.4 Å². The first-order valence-corrected chi connectivity index (χ1v) is 34.1. The van der Waals surface area contributed by atoms with Gasteiger partial charge in [-0.2, -0.15) is 0 Å². The molecular formula is C66H54N4O2S7. The van der Waals surface area contributed by atoms with Crippen LogP contribution in [0.15, 0.2) is 223 Å². The average Bonchev–Trinajstić information content (AvgIpc) is 2.12. The summed E-state index contributed by atoms with van der Waals surface area (Å²) in [5, 5.41) is -1.33. The molecule has 0 amide bonds. The van der Waals surface area contributed by atoms with E-state index in [9.17, 15) is 0 Å². The molecule has 13 heteroatoms. The molecule has 8 heterocycles. The van der Waals surface area contributed by atoms with Crippen LogP contribution in [0.1, 0.15) is 57.9 Å². The van der Waals surface area contributed by atoms with Crippen LogP contribution in [0.2, 0.25) is 0 Å². The Balaban J connectivity index is 1.09. The molecule has 0 fully saturated rings. The summed E-state index contributed by atoms with van der Waals surface area (Å²) in [6, 6.07) is 69.5. The van der Waals surface area contributed by atoms with E-state index >= 15 is 8.42 Å². The Morgan fingerprint density at radius 3 is 1.11 bits per heavy atom. The summed E-state index contributed by atoms with van der Waals surface area (Å²) in [5.41, 5.74) is 8.65. The summed E-state index contributed by atoms with van der Waals surface area (Å²) in [6.45, 7) is 0. The smallest absolute Gasteiger partial charge is 0.185 e. The third kappa shape index (κ3) is 7.21. The highest BCUT2D eigenvalue weighted by Gasteiger charge is 2.81. The molecule has 0 bridgehead atoms. The molecule has 6 aliphatic heterocycles. The minimum Gasteiger partial charge on any atom is -0.341 e. The molecule has 392 valence electrons. The van der Waals surface area contributed by atoms with Crippen LogP contribution in [0.5, 0.6) is 0 Å². The van der Waals surface area contributed by atoms with Crippen molar-refractivity contribution in [3.8, 4) is 0 Å². The van der Waals surface area contributed by atoms with Crippen molar-refractivity contribution in [1.29, 1.82) is 0 Å². The summed E-state index contributed by atoms with van der Waals surface area (Å²) in [6.07, 6.45) is 5.23. The monoisotopic (exact) mass is 1160 g/mol. The molecule has 6 aliphatic rings. The van der Waals surface area contributed by atoms with Gasteiger partial charge in [-0.15, -0.1) is 70.6 Å². The summed E-state index contributed by atoms with van der Waals surface area (Å²) in [4.78, 5) is 26.5. The number of aromatic nitrogens is 4. The van der Waals surface area contributed by atoms with E-state index in [1.807, 2.05) is 47.0 Å². The second kappa shape index (κ2) is 18.9. The number of para-hydroxylation sites is 4. The van der Waals surface area contributed by atoms with Crippen LogP contribution in [0.4, 0.5) is 0 Å². The van der Waals surface area contributed by atoms with Crippen LogP contribution in [-0.2, 0) is 59.2 Å². The van der Waals surface area contributed by atoms with Crippen LogP contribution >= 0.6 is 70.6 Å². The molecule has 0 saturated carbocycles. The van der Waals surface area contributed by atoms with Crippen LogP contribution in [0.3, 0.4) is 0 Å². The highest BCUT2D eigenvalue weighted by molar-refractivity contribution is 8.24. The van der Waals surface area contributed by atoms with Gasteiger partial charge >= 0.3 is 0 Å². The maximum absolute atomic E-state index is 20.1. The number of imidazole rings is 2. The van der Waals surface area contributed by atoms with Crippen LogP contribution in [0.25, 0.3) is 22.1 Å². The van der Waals surface area contributed by atoms with E-state index in [-0.39, 0.29) is 10.5 Å². The van der Waals surface area contributed by atoms with Gasteiger partial charge in [-0.3, -0.25) is 0 Å². The first kappa shape index (κ1) is 49.6. The molecule has 79 heavy (non-hydrogen) atoms. The second-order valence-corrected chi connectivity index (χ2v) is 32.5. The van der Waals surface area contributed by atoms with E-state index in [1.54, 1.807) is 23.5 Å². The number of hydrogen-bond donors (Lipinski definition) is 2. The molecule has 0 radical (unpaired) electrons. The number of benzene rings is 8. The van der Waals surface area contributed by atoms with Crippen molar-refractivity contribution in [2.24, 2.45) is 0 Å². The highest BCUT2D eigenvalue weighted by atomic mass is 32.3. The Morgan fingerprint density at radius 1 is 0.380 bits per heavy atom. The van der Waals surface area contributed by atoms with E-state index in [1.165, 1.54) is 43.2 Å². The largest absolute Gasteiger partial charge is 0.341 e. The molecule has 16 rings (SSSR count). The molecule has 0 aliphatic carbocycles. The van der Waals surface area contributed by atoms with Gasteiger partial charge in [-0.05, 0) is 145 Å². The molecule has 2 N–H and O–H groups in total. The Bertz CT molecular complexity index is 3820. The van der Waals surface area contributed by atoms with Crippen LogP contribution in [0, 0.1) is 0 Å². The molecular weight excluding hydrogens is 1110 g/mol. The molecule has 8 aromatic carbocycles. The topological polar surface area (TPSA) is 91.5 Å². The zero-order valence-corrected chi connectivity index (χ0v) is 48.7. The van der Waals surface area contributed by atoms with Gasteiger partial charge < -0.3 is 9.97 Å². The highest BCUT2D eigenvalue weighted by Crippen LogP contribution is 2.75.